The van der Waals surface area contributed by atoms with Gasteiger partial charge in [0.1, 0.15) is 11.6 Å². The Morgan fingerprint density at radius 1 is 1.60 bits per heavy atom. The van der Waals surface area contributed by atoms with Crippen LogP contribution in [0.3, 0.4) is 0 Å². The highest BCUT2D eigenvalue weighted by Crippen LogP contribution is 2.16. The number of nitrogens with zero attached hydrogens (tertiary/aromatic N) is 1. The van der Waals surface area contributed by atoms with E-state index in [0.717, 1.165) is 0 Å². The summed E-state index contributed by atoms with van der Waals surface area (Å²) in [6.07, 6.45) is 3.57. The maximum Gasteiger partial charge on any atom is 0.257 e. The van der Waals surface area contributed by atoms with Crippen LogP contribution in [0.4, 0.5) is 4.39 Å². The van der Waals surface area contributed by atoms with Gasteiger partial charge < -0.3 is 9.32 Å². The Kier molecular flexibility index (Phi) is 2.58. The molecule has 0 radical (unpaired) electrons. The Balaban J connectivity index is 2.16. The van der Waals surface area contributed by atoms with Gasteiger partial charge in [0.25, 0.3) is 5.91 Å². The Morgan fingerprint density at radius 3 is 3.00 bits per heavy atom. The third-order valence-electron chi connectivity index (χ3n) is 2.48. The first kappa shape index (κ1) is 9.96. The van der Waals surface area contributed by atoms with Crippen molar-refractivity contribution in [3.05, 3.63) is 35.6 Å². The molecule has 0 spiro atoms. The van der Waals surface area contributed by atoms with E-state index in [-0.39, 0.29) is 18.3 Å². The molecule has 0 unspecified atom stereocenters. The van der Waals surface area contributed by atoms with Crippen LogP contribution in [0.15, 0.2) is 28.6 Å². The lowest BCUT2D eigenvalue weighted by atomic mass is 10.2. The van der Waals surface area contributed by atoms with Gasteiger partial charge in [-0.15, -0.1) is 0 Å². The van der Waals surface area contributed by atoms with Crippen molar-refractivity contribution in [2.45, 2.75) is 13.3 Å². The van der Waals surface area contributed by atoms with Gasteiger partial charge in [0, 0.05) is 6.54 Å². The van der Waals surface area contributed by atoms with Crippen molar-refractivity contribution in [1.29, 1.82) is 0 Å². The second-order valence-electron chi connectivity index (χ2n) is 3.56. The van der Waals surface area contributed by atoms with E-state index in [4.69, 9.17) is 4.42 Å². The van der Waals surface area contributed by atoms with E-state index in [2.05, 4.69) is 0 Å². The zero-order chi connectivity index (χ0) is 10.8. The SMILES string of the molecule is Cc1occc1C(=O)N1CCC=C(F)C1. The van der Waals surface area contributed by atoms with Crippen LogP contribution < -0.4 is 0 Å². The summed E-state index contributed by atoms with van der Waals surface area (Å²) in [5, 5.41) is 0. The summed E-state index contributed by atoms with van der Waals surface area (Å²) in [6, 6.07) is 1.62. The normalized spacial score (nSPS) is 16.4. The topological polar surface area (TPSA) is 33.5 Å². The van der Waals surface area contributed by atoms with Gasteiger partial charge in [-0.3, -0.25) is 4.79 Å². The van der Waals surface area contributed by atoms with Gasteiger partial charge >= 0.3 is 0 Å². The number of halogens is 1. The lowest BCUT2D eigenvalue weighted by Crippen LogP contribution is -2.35. The smallest absolute Gasteiger partial charge is 0.257 e. The number of carbonyl (C=O) groups is 1. The first-order valence-electron chi connectivity index (χ1n) is 4.86. The first-order valence-corrected chi connectivity index (χ1v) is 4.86. The van der Waals surface area contributed by atoms with E-state index in [1.54, 1.807) is 13.0 Å². The van der Waals surface area contributed by atoms with Gasteiger partial charge in [0.2, 0.25) is 0 Å². The van der Waals surface area contributed by atoms with E-state index in [1.807, 2.05) is 0 Å². The average molecular weight is 209 g/mol. The number of hydrogen-bond acceptors (Lipinski definition) is 2. The van der Waals surface area contributed by atoms with E-state index in [1.165, 1.54) is 17.2 Å². The largest absolute Gasteiger partial charge is 0.469 e. The Labute approximate surface area is 87.2 Å². The zero-order valence-corrected chi connectivity index (χ0v) is 8.50. The molecule has 0 aromatic carbocycles. The van der Waals surface area contributed by atoms with Crippen LogP contribution in [-0.2, 0) is 0 Å². The van der Waals surface area contributed by atoms with Gasteiger partial charge in [-0.05, 0) is 25.5 Å². The Morgan fingerprint density at radius 2 is 2.40 bits per heavy atom. The molecule has 3 nitrogen and oxygen atoms in total. The fraction of sp³-hybridized carbons (Fsp3) is 0.364. The lowest BCUT2D eigenvalue weighted by molar-refractivity contribution is 0.0753. The fourth-order valence-corrected chi connectivity index (χ4v) is 1.65. The number of amides is 1. The summed E-state index contributed by atoms with van der Waals surface area (Å²) in [4.78, 5) is 13.4. The Bertz CT molecular complexity index is 408. The molecule has 4 heteroatoms. The van der Waals surface area contributed by atoms with Crippen LogP contribution >= 0.6 is 0 Å². The molecule has 1 amide bonds. The van der Waals surface area contributed by atoms with Gasteiger partial charge in [0.05, 0.1) is 18.4 Å². The molecule has 1 aliphatic rings. The molecule has 15 heavy (non-hydrogen) atoms. The zero-order valence-electron chi connectivity index (χ0n) is 8.50. The standard InChI is InChI=1S/C11H12FNO2/c1-8-10(4-6-15-8)11(14)13-5-2-3-9(12)7-13/h3-4,6H,2,5,7H2,1H3. The third kappa shape index (κ3) is 1.93. The van der Waals surface area contributed by atoms with E-state index >= 15 is 0 Å². The van der Waals surface area contributed by atoms with Crippen LogP contribution in [0.2, 0.25) is 0 Å². The molecule has 0 saturated heterocycles. The van der Waals surface area contributed by atoms with E-state index in [0.29, 0.717) is 24.3 Å². The molecule has 0 N–H and O–H groups in total. The molecule has 0 bridgehead atoms. The molecular formula is C11H12FNO2. The third-order valence-corrected chi connectivity index (χ3v) is 2.48. The molecule has 80 valence electrons. The summed E-state index contributed by atoms with van der Waals surface area (Å²) in [5.41, 5.74) is 0.518. The molecular weight excluding hydrogens is 197 g/mol. The van der Waals surface area contributed by atoms with Crippen LogP contribution in [0.5, 0.6) is 0 Å². The molecule has 1 aromatic rings. The lowest BCUT2D eigenvalue weighted by Gasteiger charge is -2.24. The minimum Gasteiger partial charge on any atom is -0.469 e. The number of aryl methyl sites for hydroxylation is 1. The van der Waals surface area contributed by atoms with E-state index < -0.39 is 0 Å². The van der Waals surface area contributed by atoms with Crippen molar-refractivity contribution in [3.8, 4) is 0 Å². The highest BCUT2D eigenvalue weighted by Gasteiger charge is 2.21. The minimum absolute atomic E-state index is 0.0729. The molecule has 2 heterocycles. The number of rotatable bonds is 1. The molecule has 1 aliphatic heterocycles. The predicted molar refractivity (Wildman–Crippen MR) is 53.2 cm³/mol. The van der Waals surface area contributed by atoms with E-state index in [9.17, 15) is 9.18 Å². The molecule has 0 saturated carbocycles. The average Bonchev–Trinajstić information content (AvgIpc) is 2.63. The number of carbonyl (C=O) groups excluding carboxylic acids is 1. The van der Waals surface area contributed by atoms with Gasteiger partial charge in [-0.25, -0.2) is 4.39 Å². The minimum atomic E-state index is -0.240. The summed E-state index contributed by atoms with van der Waals surface area (Å²) in [6.45, 7) is 2.36. The fourth-order valence-electron chi connectivity index (χ4n) is 1.65. The summed E-state index contributed by atoms with van der Waals surface area (Å²) in [5.74, 6) is 0.176. The quantitative estimate of drug-likeness (QED) is 0.711. The van der Waals surface area contributed by atoms with Crippen molar-refractivity contribution in [2.24, 2.45) is 0 Å². The summed E-state index contributed by atoms with van der Waals surface area (Å²) < 4.78 is 18.0. The Hall–Kier alpha value is -1.58. The first-order chi connectivity index (χ1) is 7.18. The van der Waals surface area contributed by atoms with Crippen LogP contribution in [0, 0.1) is 6.92 Å². The summed E-state index contributed by atoms with van der Waals surface area (Å²) >= 11 is 0. The van der Waals surface area contributed by atoms with Gasteiger partial charge in [0.15, 0.2) is 0 Å². The maximum absolute atomic E-state index is 13.0. The monoisotopic (exact) mass is 209 g/mol. The van der Waals surface area contributed by atoms with Crippen LogP contribution in [-0.4, -0.2) is 23.9 Å². The predicted octanol–water partition coefficient (Wildman–Crippen LogP) is 2.29. The molecule has 0 aliphatic carbocycles. The van der Waals surface area contributed by atoms with Crippen molar-refractivity contribution in [1.82, 2.24) is 4.90 Å². The number of hydrogen-bond donors (Lipinski definition) is 0. The highest BCUT2D eigenvalue weighted by atomic mass is 19.1. The van der Waals surface area contributed by atoms with Gasteiger partial charge in [-0.2, -0.15) is 0 Å². The maximum atomic E-state index is 13.0. The molecule has 1 aromatic heterocycles. The molecule has 0 fully saturated rings. The van der Waals surface area contributed by atoms with Crippen molar-refractivity contribution < 1.29 is 13.6 Å². The van der Waals surface area contributed by atoms with Crippen molar-refractivity contribution >= 4 is 5.91 Å². The number of furan rings is 1. The second-order valence-corrected chi connectivity index (χ2v) is 3.56. The highest BCUT2D eigenvalue weighted by molar-refractivity contribution is 5.95. The molecule has 0 atom stereocenters. The van der Waals surface area contributed by atoms with Crippen LogP contribution in [0.1, 0.15) is 22.5 Å². The van der Waals surface area contributed by atoms with Crippen molar-refractivity contribution in [2.75, 3.05) is 13.1 Å². The van der Waals surface area contributed by atoms with Crippen molar-refractivity contribution in [3.63, 3.8) is 0 Å². The van der Waals surface area contributed by atoms with Gasteiger partial charge in [-0.1, -0.05) is 0 Å². The molecule has 2 rings (SSSR count). The summed E-state index contributed by atoms with van der Waals surface area (Å²) in [7, 11) is 0. The second kappa shape index (κ2) is 3.88. The van der Waals surface area contributed by atoms with Crippen LogP contribution in [0.25, 0.3) is 0 Å².